The van der Waals surface area contributed by atoms with Gasteiger partial charge in [0.1, 0.15) is 0 Å². The molecule has 0 aromatic carbocycles. The van der Waals surface area contributed by atoms with Gasteiger partial charge in [-0.3, -0.25) is 0 Å². The van der Waals surface area contributed by atoms with Crippen molar-refractivity contribution in [1.82, 2.24) is 10.3 Å². The predicted octanol–water partition coefficient (Wildman–Crippen LogP) is 2.95. The van der Waals surface area contributed by atoms with E-state index in [0.29, 0.717) is 6.04 Å². The average molecular weight is 224 g/mol. The van der Waals surface area contributed by atoms with Crippen LogP contribution in [-0.2, 0) is 0 Å². The predicted molar refractivity (Wildman–Crippen MR) is 67.3 cm³/mol. The molecule has 1 aromatic heterocycles. The number of hydrogen-bond acceptors (Lipinski definition) is 3. The number of unbranched alkanes of at least 4 members (excludes halogenated alkanes) is 1. The van der Waals surface area contributed by atoms with Crippen molar-refractivity contribution in [1.29, 1.82) is 0 Å². The van der Waals surface area contributed by atoms with E-state index in [0.717, 1.165) is 5.03 Å². The molecule has 0 bridgehead atoms. The van der Waals surface area contributed by atoms with E-state index in [1.807, 2.05) is 37.1 Å². The molecule has 0 aliphatic rings. The lowest BCUT2D eigenvalue weighted by atomic mass is 10.1. The molecule has 0 aliphatic heterocycles. The standard InChI is InChI=1S/C12H20N2S/c1-11(13-2)7-4-6-10-15-12-8-3-5-9-14-12/h3,5,8-9,11,13H,4,6-7,10H2,1-2H3. The lowest BCUT2D eigenvalue weighted by molar-refractivity contribution is 0.539. The van der Waals surface area contributed by atoms with Crippen LogP contribution in [0.2, 0.25) is 0 Å². The highest BCUT2D eigenvalue weighted by Crippen LogP contribution is 2.16. The highest BCUT2D eigenvalue weighted by atomic mass is 32.2. The van der Waals surface area contributed by atoms with Crippen molar-refractivity contribution in [2.75, 3.05) is 12.8 Å². The number of thioether (sulfide) groups is 1. The van der Waals surface area contributed by atoms with Gasteiger partial charge in [0.2, 0.25) is 0 Å². The second-order valence-corrected chi connectivity index (χ2v) is 4.82. The quantitative estimate of drug-likeness (QED) is 0.569. The summed E-state index contributed by atoms with van der Waals surface area (Å²) >= 11 is 1.85. The van der Waals surface area contributed by atoms with Crippen molar-refractivity contribution >= 4 is 11.8 Å². The van der Waals surface area contributed by atoms with Gasteiger partial charge in [-0.25, -0.2) is 4.98 Å². The Morgan fingerprint density at radius 1 is 1.40 bits per heavy atom. The van der Waals surface area contributed by atoms with Gasteiger partial charge in [0, 0.05) is 12.2 Å². The number of nitrogens with one attached hydrogen (secondary N) is 1. The molecule has 0 fully saturated rings. The third-order valence-corrected chi connectivity index (χ3v) is 3.44. The molecule has 1 unspecified atom stereocenters. The molecule has 0 saturated carbocycles. The maximum Gasteiger partial charge on any atom is 0.0959 e. The Morgan fingerprint density at radius 2 is 2.27 bits per heavy atom. The van der Waals surface area contributed by atoms with Crippen LogP contribution in [-0.4, -0.2) is 23.8 Å². The number of pyridine rings is 1. The SMILES string of the molecule is CNC(C)CCCCSc1ccccn1. The number of rotatable bonds is 7. The summed E-state index contributed by atoms with van der Waals surface area (Å²) in [6.07, 6.45) is 5.68. The van der Waals surface area contributed by atoms with Crippen LogP contribution in [0.15, 0.2) is 29.4 Å². The minimum Gasteiger partial charge on any atom is -0.317 e. The minimum absolute atomic E-state index is 0.643. The monoisotopic (exact) mass is 224 g/mol. The summed E-state index contributed by atoms with van der Waals surface area (Å²) in [5.41, 5.74) is 0. The lowest BCUT2D eigenvalue weighted by Gasteiger charge is -2.08. The zero-order chi connectivity index (χ0) is 10.9. The maximum atomic E-state index is 4.28. The lowest BCUT2D eigenvalue weighted by Crippen LogP contribution is -2.20. The van der Waals surface area contributed by atoms with Crippen LogP contribution in [0.3, 0.4) is 0 Å². The third kappa shape index (κ3) is 5.80. The third-order valence-electron chi connectivity index (χ3n) is 2.41. The van der Waals surface area contributed by atoms with Gasteiger partial charge >= 0.3 is 0 Å². The van der Waals surface area contributed by atoms with Gasteiger partial charge in [0.05, 0.1) is 5.03 Å². The molecule has 0 saturated heterocycles. The Labute approximate surface area is 96.9 Å². The van der Waals surface area contributed by atoms with Gasteiger partial charge in [-0.2, -0.15) is 0 Å². The van der Waals surface area contributed by atoms with Gasteiger partial charge < -0.3 is 5.32 Å². The van der Waals surface area contributed by atoms with Gasteiger partial charge in [0.25, 0.3) is 0 Å². The molecule has 1 aromatic rings. The second-order valence-electron chi connectivity index (χ2n) is 3.70. The number of aromatic nitrogens is 1. The fourth-order valence-corrected chi connectivity index (χ4v) is 2.17. The van der Waals surface area contributed by atoms with E-state index in [-0.39, 0.29) is 0 Å². The topological polar surface area (TPSA) is 24.9 Å². The van der Waals surface area contributed by atoms with E-state index in [4.69, 9.17) is 0 Å². The molecule has 3 heteroatoms. The van der Waals surface area contributed by atoms with Gasteiger partial charge in [-0.05, 0) is 44.7 Å². The Bertz CT molecular complexity index is 251. The molecule has 0 amide bonds. The zero-order valence-corrected chi connectivity index (χ0v) is 10.4. The summed E-state index contributed by atoms with van der Waals surface area (Å²) in [5.74, 6) is 1.17. The molecule has 84 valence electrons. The van der Waals surface area contributed by atoms with E-state index in [9.17, 15) is 0 Å². The summed E-state index contributed by atoms with van der Waals surface area (Å²) in [6, 6.07) is 6.71. The average Bonchev–Trinajstić information content (AvgIpc) is 2.29. The molecule has 1 atom stereocenters. The Kier molecular flexibility index (Phi) is 6.44. The minimum atomic E-state index is 0.643. The van der Waals surface area contributed by atoms with Crippen molar-refractivity contribution in [2.24, 2.45) is 0 Å². The fraction of sp³-hybridized carbons (Fsp3) is 0.583. The first-order chi connectivity index (χ1) is 7.33. The van der Waals surface area contributed by atoms with Crippen LogP contribution in [0.4, 0.5) is 0 Å². The Hall–Kier alpha value is -0.540. The molecule has 0 aliphatic carbocycles. The van der Waals surface area contributed by atoms with E-state index in [1.54, 1.807) is 0 Å². The highest BCUT2D eigenvalue weighted by molar-refractivity contribution is 7.99. The number of nitrogens with zero attached hydrogens (tertiary/aromatic N) is 1. The summed E-state index contributed by atoms with van der Waals surface area (Å²) < 4.78 is 0. The molecule has 15 heavy (non-hydrogen) atoms. The Balaban J connectivity index is 2.03. The van der Waals surface area contributed by atoms with E-state index in [2.05, 4.69) is 23.3 Å². The fourth-order valence-electron chi connectivity index (χ4n) is 1.31. The van der Waals surface area contributed by atoms with Crippen molar-refractivity contribution in [3.05, 3.63) is 24.4 Å². The van der Waals surface area contributed by atoms with E-state index in [1.165, 1.54) is 25.0 Å². The first-order valence-corrected chi connectivity index (χ1v) is 6.52. The van der Waals surface area contributed by atoms with Crippen molar-refractivity contribution in [2.45, 2.75) is 37.3 Å². The van der Waals surface area contributed by atoms with Crippen molar-refractivity contribution in [3.8, 4) is 0 Å². The smallest absolute Gasteiger partial charge is 0.0959 e. The molecular weight excluding hydrogens is 204 g/mol. The molecule has 0 radical (unpaired) electrons. The van der Waals surface area contributed by atoms with Gasteiger partial charge in [-0.1, -0.05) is 12.5 Å². The second kappa shape index (κ2) is 7.71. The van der Waals surface area contributed by atoms with E-state index >= 15 is 0 Å². The molecular formula is C12H20N2S. The summed E-state index contributed by atoms with van der Waals surface area (Å²) in [5, 5.41) is 4.39. The summed E-state index contributed by atoms with van der Waals surface area (Å²) in [6.45, 7) is 2.23. The normalized spacial score (nSPS) is 12.7. The van der Waals surface area contributed by atoms with Crippen molar-refractivity contribution < 1.29 is 0 Å². The summed E-state index contributed by atoms with van der Waals surface area (Å²) in [4.78, 5) is 4.28. The molecule has 0 spiro atoms. The first-order valence-electron chi connectivity index (χ1n) is 5.54. The van der Waals surface area contributed by atoms with Crippen LogP contribution in [0.25, 0.3) is 0 Å². The van der Waals surface area contributed by atoms with E-state index < -0.39 is 0 Å². The van der Waals surface area contributed by atoms with Crippen LogP contribution in [0, 0.1) is 0 Å². The molecule has 1 heterocycles. The van der Waals surface area contributed by atoms with Crippen LogP contribution >= 0.6 is 11.8 Å². The van der Waals surface area contributed by atoms with Crippen LogP contribution in [0.5, 0.6) is 0 Å². The van der Waals surface area contributed by atoms with Gasteiger partial charge in [0.15, 0.2) is 0 Å². The van der Waals surface area contributed by atoms with Crippen LogP contribution < -0.4 is 5.32 Å². The summed E-state index contributed by atoms with van der Waals surface area (Å²) in [7, 11) is 2.02. The maximum absolute atomic E-state index is 4.28. The Morgan fingerprint density at radius 3 is 2.93 bits per heavy atom. The zero-order valence-electron chi connectivity index (χ0n) is 9.57. The highest BCUT2D eigenvalue weighted by Gasteiger charge is 1.98. The first kappa shape index (κ1) is 12.5. The molecule has 1 rings (SSSR count). The molecule has 2 nitrogen and oxygen atoms in total. The van der Waals surface area contributed by atoms with Gasteiger partial charge in [-0.15, -0.1) is 11.8 Å². The molecule has 1 N–H and O–H groups in total. The number of hydrogen-bond donors (Lipinski definition) is 1. The van der Waals surface area contributed by atoms with Crippen LogP contribution in [0.1, 0.15) is 26.2 Å². The van der Waals surface area contributed by atoms with Crippen molar-refractivity contribution in [3.63, 3.8) is 0 Å². The largest absolute Gasteiger partial charge is 0.317 e.